The highest BCUT2D eigenvalue weighted by atomic mass is 19.1. The fourth-order valence-corrected chi connectivity index (χ4v) is 4.06. The first kappa shape index (κ1) is 21.8. The molecule has 32 heavy (non-hydrogen) atoms. The third-order valence-corrected chi connectivity index (χ3v) is 5.47. The van der Waals surface area contributed by atoms with Gasteiger partial charge in [0.25, 0.3) is 5.91 Å². The lowest BCUT2D eigenvalue weighted by Crippen LogP contribution is -2.32. The highest BCUT2D eigenvalue weighted by molar-refractivity contribution is 5.99. The Labute approximate surface area is 185 Å². The summed E-state index contributed by atoms with van der Waals surface area (Å²) in [6, 6.07) is 10.4. The van der Waals surface area contributed by atoms with Crippen molar-refractivity contribution < 1.29 is 18.3 Å². The van der Waals surface area contributed by atoms with E-state index in [1.807, 2.05) is 37.2 Å². The van der Waals surface area contributed by atoms with E-state index in [1.54, 1.807) is 17.0 Å². The van der Waals surface area contributed by atoms with Crippen molar-refractivity contribution in [2.24, 2.45) is 0 Å². The van der Waals surface area contributed by atoms with Crippen LogP contribution in [0.5, 0.6) is 5.75 Å². The van der Waals surface area contributed by atoms with Gasteiger partial charge >= 0.3 is 0 Å². The summed E-state index contributed by atoms with van der Waals surface area (Å²) in [5, 5.41) is 0.121. The van der Waals surface area contributed by atoms with Gasteiger partial charge in [-0.25, -0.2) is 4.39 Å². The quantitative estimate of drug-likeness (QED) is 0.500. The van der Waals surface area contributed by atoms with Crippen molar-refractivity contribution >= 4 is 16.9 Å². The Balaban J connectivity index is 1.85. The number of amides is 1. The van der Waals surface area contributed by atoms with Crippen molar-refractivity contribution in [2.75, 3.05) is 33.8 Å². The Hall–Kier alpha value is -3.45. The van der Waals surface area contributed by atoms with E-state index < -0.39 is 17.3 Å². The second-order valence-corrected chi connectivity index (χ2v) is 8.04. The zero-order chi connectivity index (χ0) is 22.8. The molecule has 0 N–H and O–H groups in total. The van der Waals surface area contributed by atoms with E-state index >= 15 is 0 Å². The van der Waals surface area contributed by atoms with Crippen molar-refractivity contribution in [1.29, 1.82) is 0 Å². The predicted molar refractivity (Wildman–Crippen MR) is 121 cm³/mol. The standard InChI is InChI=1S/C25H25FN2O4/c1-4-13-31-18-8-5-7-16(14-18)22-21-23(29)19-15-17(26)9-10-20(19)32-24(21)25(30)28(22)12-6-11-27(2)3/h4-5,7-10,14-15,22H,1,6,11-13H2,2-3H3. The average molecular weight is 436 g/mol. The molecule has 0 bridgehead atoms. The normalized spacial score (nSPS) is 15.4. The molecule has 0 saturated heterocycles. The van der Waals surface area contributed by atoms with Gasteiger partial charge in [0, 0.05) is 6.54 Å². The van der Waals surface area contributed by atoms with Crippen LogP contribution in [0.4, 0.5) is 4.39 Å². The maximum absolute atomic E-state index is 13.9. The van der Waals surface area contributed by atoms with Crippen LogP contribution in [0.2, 0.25) is 0 Å². The van der Waals surface area contributed by atoms with E-state index in [0.29, 0.717) is 18.9 Å². The first-order valence-corrected chi connectivity index (χ1v) is 10.5. The van der Waals surface area contributed by atoms with Crippen LogP contribution in [0.15, 0.2) is 64.3 Å². The molecule has 1 aromatic heterocycles. The van der Waals surface area contributed by atoms with Gasteiger partial charge in [0.1, 0.15) is 23.8 Å². The molecule has 1 aliphatic rings. The van der Waals surface area contributed by atoms with Crippen LogP contribution in [-0.2, 0) is 0 Å². The number of carbonyl (C=O) groups is 1. The molecule has 6 nitrogen and oxygen atoms in total. The summed E-state index contributed by atoms with van der Waals surface area (Å²) < 4.78 is 25.4. The van der Waals surface area contributed by atoms with E-state index in [9.17, 15) is 14.0 Å². The fraction of sp³-hybridized carbons (Fsp3) is 0.280. The van der Waals surface area contributed by atoms with Gasteiger partial charge in [-0.05, 0) is 63.0 Å². The summed E-state index contributed by atoms with van der Waals surface area (Å²) in [6.07, 6.45) is 2.36. The minimum absolute atomic E-state index is 0.0152. The Morgan fingerprint density at radius 2 is 2.03 bits per heavy atom. The highest BCUT2D eigenvalue weighted by Gasteiger charge is 2.42. The number of hydrogen-bond donors (Lipinski definition) is 0. The summed E-state index contributed by atoms with van der Waals surface area (Å²) in [4.78, 5) is 30.5. The van der Waals surface area contributed by atoms with Crippen LogP contribution in [0.3, 0.4) is 0 Å². The number of hydrogen-bond acceptors (Lipinski definition) is 5. The molecule has 1 atom stereocenters. The molecule has 1 aliphatic heterocycles. The molecule has 0 saturated carbocycles. The Kier molecular flexibility index (Phi) is 6.10. The first-order chi connectivity index (χ1) is 15.4. The van der Waals surface area contributed by atoms with Gasteiger partial charge in [-0.3, -0.25) is 9.59 Å². The van der Waals surface area contributed by atoms with Crippen LogP contribution in [0.1, 0.15) is 34.1 Å². The number of ether oxygens (including phenoxy) is 1. The molecule has 2 heterocycles. The molecule has 0 radical (unpaired) electrons. The third kappa shape index (κ3) is 4.03. The Morgan fingerprint density at radius 3 is 2.78 bits per heavy atom. The molecule has 1 unspecified atom stereocenters. The van der Waals surface area contributed by atoms with Crippen LogP contribution in [0, 0.1) is 5.82 Å². The Morgan fingerprint density at radius 1 is 1.22 bits per heavy atom. The number of benzene rings is 2. The number of fused-ring (bicyclic) bond motifs is 2. The summed E-state index contributed by atoms with van der Waals surface area (Å²) in [5.41, 5.74) is 0.762. The summed E-state index contributed by atoms with van der Waals surface area (Å²) in [6.45, 7) is 5.21. The molecule has 4 rings (SSSR count). The molecule has 2 aromatic carbocycles. The lowest BCUT2D eigenvalue weighted by molar-refractivity contribution is 0.0722. The first-order valence-electron chi connectivity index (χ1n) is 10.5. The largest absolute Gasteiger partial charge is 0.490 e. The molecule has 7 heteroatoms. The average Bonchev–Trinajstić information content (AvgIpc) is 3.05. The van der Waals surface area contributed by atoms with Gasteiger partial charge in [-0.1, -0.05) is 24.8 Å². The van der Waals surface area contributed by atoms with E-state index in [0.717, 1.165) is 24.6 Å². The van der Waals surface area contributed by atoms with E-state index in [4.69, 9.17) is 9.15 Å². The van der Waals surface area contributed by atoms with Crippen molar-refractivity contribution in [3.05, 3.63) is 88.0 Å². The number of halogens is 1. The molecule has 0 fully saturated rings. The fourth-order valence-electron chi connectivity index (χ4n) is 4.06. The highest BCUT2D eigenvalue weighted by Crippen LogP contribution is 2.39. The molecule has 166 valence electrons. The lowest BCUT2D eigenvalue weighted by Gasteiger charge is -2.26. The van der Waals surface area contributed by atoms with Gasteiger partial charge in [0.15, 0.2) is 5.43 Å². The van der Waals surface area contributed by atoms with E-state index in [2.05, 4.69) is 6.58 Å². The second-order valence-electron chi connectivity index (χ2n) is 8.04. The number of rotatable bonds is 8. The molecule has 1 amide bonds. The van der Waals surface area contributed by atoms with Crippen molar-refractivity contribution in [1.82, 2.24) is 9.80 Å². The SMILES string of the molecule is C=CCOc1cccc(C2c3c(oc4ccc(F)cc4c3=O)C(=O)N2CCCN(C)C)c1. The molecule has 0 aliphatic carbocycles. The zero-order valence-corrected chi connectivity index (χ0v) is 18.1. The molecular weight excluding hydrogens is 411 g/mol. The minimum atomic E-state index is -0.643. The number of carbonyl (C=O) groups excluding carboxylic acids is 1. The Bertz CT molecular complexity index is 1230. The van der Waals surface area contributed by atoms with Crippen molar-refractivity contribution in [2.45, 2.75) is 12.5 Å². The van der Waals surface area contributed by atoms with Crippen molar-refractivity contribution in [3.8, 4) is 5.75 Å². The van der Waals surface area contributed by atoms with E-state index in [-0.39, 0.29) is 28.2 Å². The molecular formula is C25H25FN2O4. The van der Waals surface area contributed by atoms with Gasteiger partial charge in [-0.2, -0.15) is 0 Å². The van der Waals surface area contributed by atoms with Crippen LogP contribution in [-0.4, -0.2) is 49.5 Å². The summed E-state index contributed by atoms with van der Waals surface area (Å²) in [5.74, 6) is -0.257. The smallest absolute Gasteiger partial charge is 0.290 e. The zero-order valence-electron chi connectivity index (χ0n) is 18.1. The van der Waals surface area contributed by atoms with Crippen LogP contribution in [0.25, 0.3) is 11.0 Å². The monoisotopic (exact) mass is 436 g/mol. The minimum Gasteiger partial charge on any atom is -0.490 e. The van der Waals surface area contributed by atoms with Gasteiger partial charge in [0.2, 0.25) is 5.76 Å². The lowest BCUT2D eigenvalue weighted by atomic mass is 9.98. The maximum Gasteiger partial charge on any atom is 0.290 e. The van der Waals surface area contributed by atoms with E-state index in [1.165, 1.54) is 12.1 Å². The van der Waals surface area contributed by atoms with Gasteiger partial charge in [0.05, 0.1) is 17.0 Å². The predicted octanol–water partition coefficient (Wildman–Crippen LogP) is 3.99. The summed E-state index contributed by atoms with van der Waals surface area (Å²) in [7, 11) is 3.93. The summed E-state index contributed by atoms with van der Waals surface area (Å²) >= 11 is 0. The second kappa shape index (κ2) is 8.96. The van der Waals surface area contributed by atoms with Gasteiger partial charge in [-0.15, -0.1) is 0 Å². The topological polar surface area (TPSA) is 63.0 Å². The van der Waals surface area contributed by atoms with Gasteiger partial charge < -0.3 is 19.0 Å². The number of nitrogens with zero attached hydrogens (tertiary/aromatic N) is 2. The maximum atomic E-state index is 13.9. The van der Waals surface area contributed by atoms with Crippen LogP contribution < -0.4 is 10.2 Å². The third-order valence-electron chi connectivity index (χ3n) is 5.47. The molecule has 0 spiro atoms. The van der Waals surface area contributed by atoms with Crippen LogP contribution >= 0.6 is 0 Å². The molecule has 3 aromatic rings. The van der Waals surface area contributed by atoms with Crippen molar-refractivity contribution in [3.63, 3.8) is 0 Å².